The fourth-order valence-corrected chi connectivity index (χ4v) is 5.06. The van der Waals surface area contributed by atoms with Crippen LogP contribution in [0.5, 0.6) is 11.5 Å². The lowest BCUT2D eigenvalue weighted by Gasteiger charge is -2.41. The summed E-state index contributed by atoms with van der Waals surface area (Å²) >= 11 is 6.05. The largest absolute Gasteiger partial charge is 0.496 e. The average molecular weight is 487 g/mol. The van der Waals surface area contributed by atoms with Crippen molar-refractivity contribution in [1.29, 1.82) is 0 Å². The van der Waals surface area contributed by atoms with Gasteiger partial charge in [0.25, 0.3) is 0 Å². The lowest BCUT2D eigenvalue weighted by molar-refractivity contribution is -0.133. The first-order chi connectivity index (χ1) is 16.4. The number of likely N-dealkylation sites (N-methyl/N-ethyl adjacent to an activating group) is 1. The molecule has 0 bridgehead atoms. The van der Waals surface area contributed by atoms with Crippen molar-refractivity contribution >= 4 is 23.2 Å². The Hall–Kier alpha value is -2.28. The van der Waals surface area contributed by atoms with Gasteiger partial charge in [-0.1, -0.05) is 17.7 Å². The Balaban J connectivity index is 1.18. The minimum absolute atomic E-state index is 0.141. The van der Waals surface area contributed by atoms with Crippen molar-refractivity contribution in [3.05, 3.63) is 53.1 Å². The smallest absolute Gasteiger partial charge is 0.223 e. The number of quaternary nitrogens is 1. The third kappa shape index (κ3) is 6.04. The van der Waals surface area contributed by atoms with Gasteiger partial charge in [-0.25, -0.2) is 0 Å². The number of hydrogen-bond acceptors (Lipinski definition) is 4. The number of nitrogens with zero attached hydrogens (tertiary/aromatic N) is 3. The number of carbonyl (C=O) groups is 1. The molecule has 4 rings (SSSR count). The van der Waals surface area contributed by atoms with Crippen molar-refractivity contribution in [2.45, 2.75) is 32.3 Å². The molecule has 34 heavy (non-hydrogen) atoms. The molecular weight excluding hydrogens is 450 g/mol. The first-order valence-electron chi connectivity index (χ1n) is 12.3. The Morgan fingerprint density at radius 2 is 1.74 bits per heavy atom. The maximum Gasteiger partial charge on any atom is 0.223 e. The van der Waals surface area contributed by atoms with Gasteiger partial charge in [0.05, 0.1) is 27.2 Å². The topological polar surface area (TPSA) is 42.0 Å². The van der Waals surface area contributed by atoms with Gasteiger partial charge in [0, 0.05) is 75.2 Å². The summed E-state index contributed by atoms with van der Waals surface area (Å²) in [5, 5.41) is 0.776. The summed E-state index contributed by atoms with van der Waals surface area (Å²) in [7, 11) is 3.96. The summed E-state index contributed by atoms with van der Waals surface area (Å²) in [4.78, 5) is 17.3. The van der Waals surface area contributed by atoms with Crippen LogP contribution >= 0.6 is 11.6 Å². The van der Waals surface area contributed by atoms with Gasteiger partial charge in [-0.2, -0.15) is 0 Å². The van der Waals surface area contributed by atoms with E-state index in [0.717, 1.165) is 85.2 Å². The minimum Gasteiger partial charge on any atom is -0.496 e. The van der Waals surface area contributed by atoms with Crippen LogP contribution in [0.15, 0.2) is 42.5 Å². The number of carbonyl (C=O) groups excluding carboxylic acids is 1. The van der Waals surface area contributed by atoms with Crippen LogP contribution < -0.4 is 14.0 Å². The lowest BCUT2D eigenvalue weighted by Crippen LogP contribution is -2.58. The molecule has 2 aliphatic rings. The minimum atomic E-state index is 0.141. The van der Waals surface area contributed by atoms with E-state index in [1.807, 2.05) is 42.2 Å². The molecule has 2 aromatic rings. The Labute approximate surface area is 208 Å². The molecule has 2 fully saturated rings. The Morgan fingerprint density at radius 3 is 2.38 bits per heavy atom. The third-order valence-electron chi connectivity index (χ3n) is 7.39. The molecule has 0 radical (unpaired) electrons. The highest BCUT2D eigenvalue weighted by Gasteiger charge is 2.31. The van der Waals surface area contributed by atoms with Crippen LogP contribution in [-0.4, -0.2) is 81.8 Å². The molecule has 2 aliphatic heterocycles. The van der Waals surface area contributed by atoms with Crippen molar-refractivity contribution in [2.24, 2.45) is 0 Å². The number of piperazine rings is 1. The number of benzene rings is 2. The highest BCUT2D eigenvalue weighted by atomic mass is 35.5. The molecule has 0 N–H and O–H groups in total. The predicted octanol–water partition coefficient (Wildman–Crippen LogP) is 4.37. The van der Waals surface area contributed by atoms with Crippen LogP contribution in [0.2, 0.25) is 5.02 Å². The zero-order valence-electron chi connectivity index (χ0n) is 20.6. The first-order valence-corrected chi connectivity index (χ1v) is 12.7. The van der Waals surface area contributed by atoms with E-state index in [4.69, 9.17) is 21.1 Å². The molecule has 0 saturated carbocycles. The number of aryl methyl sites for hydroxylation is 1. The molecule has 0 unspecified atom stereocenters. The van der Waals surface area contributed by atoms with Crippen molar-refractivity contribution < 1.29 is 14.3 Å². The summed E-state index contributed by atoms with van der Waals surface area (Å²) in [5.74, 6) is 1.94. The maximum absolute atomic E-state index is 12.8. The number of piperidine rings is 1. The number of amides is 1. The summed E-state index contributed by atoms with van der Waals surface area (Å²) < 4.78 is 12.5. The summed E-state index contributed by atoms with van der Waals surface area (Å²) in [5.41, 5.74) is 2.40. The molecule has 2 heterocycles. The zero-order valence-corrected chi connectivity index (χ0v) is 21.4. The second-order valence-corrected chi connectivity index (χ2v) is 10.2. The highest BCUT2D eigenvalue weighted by Crippen LogP contribution is 2.27. The second kappa shape index (κ2) is 11.0. The molecular formula is C27H37ClN3O3+. The molecule has 184 valence electrons. The molecule has 2 saturated heterocycles. The number of hydrogen-bond donors (Lipinski definition) is 0. The van der Waals surface area contributed by atoms with Gasteiger partial charge in [-0.3, -0.25) is 14.2 Å². The lowest BCUT2D eigenvalue weighted by atomic mass is 10.1. The third-order valence-corrected chi connectivity index (χ3v) is 7.64. The van der Waals surface area contributed by atoms with Gasteiger partial charge in [0.1, 0.15) is 23.3 Å². The quantitative estimate of drug-likeness (QED) is 0.545. The van der Waals surface area contributed by atoms with Gasteiger partial charge in [0.15, 0.2) is 0 Å². The fraction of sp³-hybridized carbons (Fsp3) is 0.519. The molecule has 7 heteroatoms. The van der Waals surface area contributed by atoms with Crippen molar-refractivity contribution in [2.75, 3.05) is 60.0 Å². The average Bonchev–Trinajstić information content (AvgIpc) is 2.85. The van der Waals surface area contributed by atoms with Crippen molar-refractivity contribution in [3.63, 3.8) is 0 Å². The molecule has 0 atom stereocenters. The van der Waals surface area contributed by atoms with Gasteiger partial charge in [0.2, 0.25) is 5.91 Å². The number of ether oxygens (including phenoxy) is 2. The van der Waals surface area contributed by atoms with Crippen LogP contribution in [-0.2, 0) is 4.79 Å². The van der Waals surface area contributed by atoms with E-state index in [9.17, 15) is 4.79 Å². The number of rotatable bonds is 7. The molecule has 6 nitrogen and oxygen atoms in total. The molecule has 0 spiro atoms. The van der Waals surface area contributed by atoms with Crippen LogP contribution in [0.25, 0.3) is 0 Å². The number of likely N-dealkylation sites (tertiary alicyclic amines) is 1. The summed E-state index contributed by atoms with van der Waals surface area (Å²) in [6.07, 6.45) is 2.46. The summed E-state index contributed by atoms with van der Waals surface area (Å²) in [6.45, 7) is 8.47. The normalized spacial score (nSPS) is 19.1. The van der Waals surface area contributed by atoms with Gasteiger partial charge >= 0.3 is 0 Å². The SMILES string of the molecule is COc1cc(OC2CCN(C(=O)CCN3CC[N+](C)(c4ccc(Cl)cc4)CC3)CC2)ccc1C. The Bertz CT molecular complexity index is 966. The first kappa shape index (κ1) is 24.8. The van der Waals surface area contributed by atoms with Crippen LogP contribution in [0.4, 0.5) is 5.69 Å². The van der Waals surface area contributed by atoms with Gasteiger partial charge in [-0.15, -0.1) is 0 Å². The van der Waals surface area contributed by atoms with Crippen molar-refractivity contribution in [1.82, 2.24) is 14.3 Å². The molecule has 1 amide bonds. The van der Waals surface area contributed by atoms with Crippen LogP contribution in [0.3, 0.4) is 0 Å². The summed E-state index contributed by atoms with van der Waals surface area (Å²) in [6, 6.07) is 14.2. The van der Waals surface area contributed by atoms with E-state index in [2.05, 4.69) is 24.1 Å². The predicted molar refractivity (Wildman–Crippen MR) is 138 cm³/mol. The highest BCUT2D eigenvalue weighted by molar-refractivity contribution is 6.30. The molecule has 2 aromatic carbocycles. The van der Waals surface area contributed by atoms with Crippen LogP contribution in [0.1, 0.15) is 24.8 Å². The van der Waals surface area contributed by atoms with E-state index in [1.54, 1.807) is 7.11 Å². The van der Waals surface area contributed by atoms with Crippen molar-refractivity contribution in [3.8, 4) is 11.5 Å². The molecule has 0 aromatic heterocycles. The number of halogens is 1. The zero-order chi connectivity index (χ0) is 24.1. The van der Waals surface area contributed by atoms with Gasteiger partial charge < -0.3 is 14.4 Å². The fourth-order valence-electron chi connectivity index (χ4n) is 4.93. The van der Waals surface area contributed by atoms with E-state index in [0.29, 0.717) is 6.42 Å². The van der Waals surface area contributed by atoms with E-state index < -0.39 is 0 Å². The maximum atomic E-state index is 12.8. The van der Waals surface area contributed by atoms with E-state index >= 15 is 0 Å². The molecule has 0 aliphatic carbocycles. The second-order valence-electron chi connectivity index (χ2n) is 9.74. The number of methoxy groups -OCH3 is 1. The monoisotopic (exact) mass is 486 g/mol. The Kier molecular flexibility index (Phi) is 8.02. The Morgan fingerprint density at radius 1 is 1.06 bits per heavy atom. The van der Waals surface area contributed by atoms with Gasteiger partial charge in [-0.05, 0) is 30.7 Å². The van der Waals surface area contributed by atoms with E-state index in [-0.39, 0.29) is 12.0 Å². The van der Waals surface area contributed by atoms with Crippen LogP contribution in [0, 0.1) is 6.92 Å². The standard InChI is InChI=1S/C27H37ClN3O3/c1-21-4-9-25(20-26(21)33-3)34-24-10-14-30(15-11-24)27(32)12-13-29-16-18-31(2,19-17-29)23-7-5-22(28)6-8-23/h4-9,20,24H,10-19H2,1-3H3/q+1. The van der Waals surface area contributed by atoms with E-state index in [1.165, 1.54) is 5.69 Å².